The molecule has 0 radical (unpaired) electrons. The number of H-pyrrole nitrogens is 2. The quantitative estimate of drug-likeness (QED) is 0.0910. The van der Waals surface area contributed by atoms with Gasteiger partial charge in [-0.25, -0.2) is 19.6 Å². The van der Waals surface area contributed by atoms with Crippen LogP contribution < -0.4 is 10.6 Å². The molecular weight excluding hydrogens is 785 g/mol. The molecule has 0 spiro atoms. The van der Waals surface area contributed by atoms with Gasteiger partial charge in [0.2, 0.25) is 0 Å². The van der Waals surface area contributed by atoms with Gasteiger partial charge in [0.1, 0.15) is 23.7 Å². The Bertz CT molecular complexity index is 2450. The average molecular weight is 837 g/mol. The van der Waals surface area contributed by atoms with Crippen LogP contribution in [0.4, 0.5) is 9.59 Å². The second-order valence-corrected chi connectivity index (χ2v) is 16.4. The topological polar surface area (TPSA) is 175 Å². The molecule has 2 saturated heterocycles. The van der Waals surface area contributed by atoms with Crippen LogP contribution in [0, 0.1) is 0 Å². The summed E-state index contributed by atoms with van der Waals surface area (Å²) in [5, 5.41) is 5.48. The lowest BCUT2D eigenvalue weighted by Gasteiger charge is -2.36. The number of alkyl carbamates (subject to hydrolysis) is 2. The monoisotopic (exact) mass is 836 g/mol. The number of imidazole rings is 2. The molecule has 0 bridgehead atoms. The number of amides is 4. The van der Waals surface area contributed by atoms with E-state index in [1.807, 2.05) is 96.4 Å². The number of aromatic amines is 2. The number of nitrogens with one attached hydrogen (secondary N) is 4. The van der Waals surface area contributed by atoms with Gasteiger partial charge in [-0.3, -0.25) is 9.59 Å². The van der Waals surface area contributed by atoms with Gasteiger partial charge < -0.3 is 39.9 Å². The molecule has 4 atom stereocenters. The average Bonchev–Trinajstić information content (AvgIpc) is 4.11. The number of rotatable bonds is 12. The molecule has 0 unspecified atom stereocenters. The largest absolute Gasteiger partial charge is 0.453 e. The van der Waals surface area contributed by atoms with E-state index >= 15 is 0 Å². The summed E-state index contributed by atoms with van der Waals surface area (Å²) in [6.07, 6.45) is 7.47. The van der Waals surface area contributed by atoms with Crippen LogP contribution in [0.3, 0.4) is 0 Å². The summed E-state index contributed by atoms with van der Waals surface area (Å²) in [5.41, 5.74) is 5.63. The maximum Gasteiger partial charge on any atom is 0.407 e. The van der Waals surface area contributed by atoms with E-state index in [4.69, 9.17) is 19.4 Å². The Kier molecular flexibility index (Phi) is 11.8. The first-order valence-electron chi connectivity index (χ1n) is 21.1. The molecule has 0 saturated carbocycles. The molecule has 62 heavy (non-hydrogen) atoms. The van der Waals surface area contributed by atoms with Crippen molar-refractivity contribution < 1.29 is 28.7 Å². The number of hydrogen-bond acceptors (Lipinski definition) is 8. The third-order valence-corrected chi connectivity index (χ3v) is 12.5. The van der Waals surface area contributed by atoms with Gasteiger partial charge in [-0.15, -0.1) is 0 Å². The molecule has 4 aromatic carbocycles. The molecule has 14 nitrogen and oxygen atoms in total. The Hall–Kier alpha value is -6.96. The predicted octanol–water partition coefficient (Wildman–Crippen LogP) is 7.65. The van der Waals surface area contributed by atoms with E-state index < -0.39 is 35.3 Å². The second kappa shape index (κ2) is 17.6. The highest BCUT2D eigenvalue weighted by Crippen LogP contribution is 2.41. The van der Waals surface area contributed by atoms with Crippen LogP contribution >= 0.6 is 0 Å². The molecule has 6 aromatic rings. The summed E-state index contributed by atoms with van der Waals surface area (Å²) >= 11 is 0. The highest BCUT2D eigenvalue weighted by Gasteiger charge is 2.47. The van der Waals surface area contributed by atoms with Crippen LogP contribution in [0.15, 0.2) is 109 Å². The van der Waals surface area contributed by atoms with E-state index in [0.717, 1.165) is 71.7 Å². The SMILES string of the molecule is COC(=O)N[C@@H](C(=O)N1CCC[C@]1(C)c1nc2ccc(C/C=C/Cc3ccc4nc([C@@]5(C)CCCN5C(=O)[C@H](NC(=O)OC)c5ccccc5)[nH]c4c3)cc2[nH]1)c1ccccc1. The van der Waals surface area contributed by atoms with Gasteiger partial charge in [0.25, 0.3) is 11.8 Å². The van der Waals surface area contributed by atoms with Crippen molar-refractivity contribution >= 4 is 46.1 Å². The van der Waals surface area contributed by atoms with Crippen molar-refractivity contribution in [2.45, 2.75) is 75.5 Å². The first-order valence-corrected chi connectivity index (χ1v) is 21.1. The number of allylic oxidation sites excluding steroid dienone is 2. The molecule has 2 aliphatic rings. The summed E-state index contributed by atoms with van der Waals surface area (Å²) in [4.78, 5) is 73.5. The summed E-state index contributed by atoms with van der Waals surface area (Å²) < 4.78 is 9.72. The number of hydrogen-bond donors (Lipinski definition) is 4. The van der Waals surface area contributed by atoms with Crippen LogP contribution in [0.2, 0.25) is 0 Å². The fraction of sp³-hybridized carbons (Fsp3) is 0.333. The number of methoxy groups -OCH3 is 2. The van der Waals surface area contributed by atoms with Crippen molar-refractivity contribution in [1.82, 2.24) is 40.4 Å². The normalized spacial score (nSPS) is 19.8. The van der Waals surface area contributed by atoms with Crippen LogP contribution in [-0.4, -0.2) is 81.0 Å². The Morgan fingerprint density at radius 3 is 1.44 bits per heavy atom. The zero-order valence-electron chi connectivity index (χ0n) is 35.4. The fourth-order valence-electron chi connectivity index (χ4n) is 8.97. The van der Waals surface area contributed by atoms with Crippen LogP contribution in [0.5, 0.6) is 0 Å². The molecule has 0 aliphatic carbocycles. The smallest absolute Gasteiger partial charge is 0.407 e. The van der Waals surface area contributed by atoms with Crippen molar-refractivity contribution in [2.24, 2.45) is 0 Å². The summed E-state index contributed by atoms with van der Waals surface area (Å²) in [6, 6.07) is 29.0. The van der Waals surface area contributed by atoms with E-state index in [2.05, 4.69) is 57.0 Å². The lowest BCUT2D eigenvalue weighted by Crippen LogP contribution is -2.49. The number of benzene rings is 4. The summed E-state index contributed by atoms with van der Waals surface area (Å²) in [6.45, 7) is 5.13. The van der Waals surface area contributed by atoms with E-state index in [0.29, 0.717) is 35.9 Å². The minimum Gasteiger partial charge on any atom is -0.453 e. The van der Waals surface area contributed by atoms with Gasteiger partial charge in [0.05, 0.1) is 47.4 Å². The fourth-order valence-corrected chi connectivity index (χ4v) is 8.97. The molecule has 2 aliphatic heterocycles. The van der Waals surface area contributed by atoms with E-state index in [-0.39, 0.29) is 11.8 Å². The number of carbonyl (C=O) groups is 4. The Morgan fingerprint density at radius 1 is 0.645 bits per heavy atom. The number of fused-ring (bicyclic) bond motifs is 2. The maximum absolute atomic E-state index is 14.1. The van der Waals surface area contributed by atoms with Gasteiger partial charge in [-0.1, -0.05) is 84.9 Å². The number of likely N-dealkylation sites (tertiary alicyclic amines) is 2. The molecule has 2 fully saturated rings. The summed E-state index contributed by atoms with van der Waals surface area (Å²) in [7, 11) is 2.57. The zero-order valence-corrected chi connectivity index (χ0v) is 35.4. The van der Waals surface area contributed by atoms with E-state index in [9.17, 15) is 19.2 Å². The van der Waals surface area contributed by atoms with Gasteiger partial charge in [0, 0.05) is 13.1 Å². The molecule has 4 N–H and O–H groups in total. The second-order valence-electron chi connectivity index (χ2n) is 16.4. The maximum atomic E-state index is 14.1. The van der Waals surface area contributed by atoms with E-state index in [1.54, 1.807) is 0 Å². The molecule has 4 heterocycles. The minimum absolute atomic E-state index is 0.217. The van der Waals surface area contributed by atoms with Crippen LogP contribution in [-0.2, 0) is 43.0 Å². The van der Waals surface area contributed by atoms with Crippen molar-refractivity contribution in [3.63, 3.8) is 0 Å². The first-order chi connectivity index (χ1) is 30.0. The minimum atomic E-state index is -0.899. The number of nitrogens with zero attached hydrogens (tertiary/aromatic N) is 4. The standard InChI is InChI=1S/C48H52N8O6/c1-47(25-13-27-55(47)41(57)39(53-45(59)61-3)33-17-7-5-8-18-33)43-49-35-23-21-31(29-37(35)51-43)15-11-12-16-32-22-24-36-38(30-32)52-44(50-36)48(2)26-14-28-56(48)42(58)40(54-46(60)62-4)34-19-9-6-10-20-34/h5-12,17-24,29-30,39-40H,13-16,25-28H2,1-4H3,(H,49,51)(H,50,52)(H,53,59)(H,54,60)/b12-11+/t39-,40-,47-,48-/m1/s1. The lowest BCUT2D eigenvalue weighted by atomic mass is 9.96. The van der Waals surface area contributed by atoms with Crippen molar-refractivity contribution in [1.29, 1.82) is 0 Å². The van der Waals surface area contributed by atoms with Gasteiger partial charge in [0.15, 0.2) is 0 Å². The molecule has 14 heteroatoms. The number of carbonyl (C=O) groups excluding carboxylic acids is 4. The number of ether oxygens (including phenoxy) is 2. The molecule has 8 rings (SSSR count). The van der Waals surface area contributed by atoms with Crippen molar-refractivity contribution in [3.05, 3.63) is 143 Å². The molecular formula is C48H52N8O6. The van der Waals surface area contributed by atoms with Crippen molar-refractivity contribution in [3.8, 4) is 0 Å². The van der Waals surface area contributed by atoms with E-state index in [1.165, 1.54) is 14.2 Å². The molecule has 2 aromatic heterocycles. The Morgan fingerprint density at radius 2 is 1.05 bits per heavy atom. The Labute approximate surface area is 360 Å². The molecule has 320 valence electrons. The van der Waals surface area contributed by atoms with Crippen LogP contribution in [0.25, 0.3) is 22.1 Å². The third-order valence-electron chi connectivity index (χ3n) is 12.5. The predicted molar refractivity (Wildman–Crippen MR) is 235 cm³/mol. The van der Waals surface area contributed by atoms with Gasteiger partial charge in [-0.05, 0) is 98.9 Å². The highest BCUT2D eigenvalue weighted by molar-refractivity contribution is 5.89. The summed E-state index contributed by atoms with van der Waals surface area (Å²) in [5.74, 6) is 0.985. The van der Waals surface area contributed by atoms with Crippen LogP contribution in [0.1, 0.15) is 85.5 Å². The first kappa shape index (κ1) is 41.8. The van der Waals surface area contributed by atoms with Crippen molar-refractivity contribution in [2.75, 3.05) is 27.3 Å². The molecule has 4 amide bonds. The Balaban J connectivity index is 0.936. The van der Waals surface area contributed by atoms with Gasteiger partial charge in [-0.2, -0.15) is 0 Å². The third kappa shape index (κ3) is 8.24. The number of aromatic nitrogens is 4. The lowest BCUT2D eigenvalue weighted by molar-refractivity contribution is -0.138. The zero-order chi connectivity index (χ0) is 43.4. The van der Waals surface area contributed by atoms with Gasteiger partial charge >= 0.3 is 12.2 Å². The highest BCUT2D eigenvalue weighted by atomic mass is 16.5.